The standard InChI is InChI=1S/C16H17IN2O2/c17-13-7-4-8-14(10-13)18-16(21)19-15(11-20)9-12-5-2-1-3-6-12/h1-8,10,15,20H,9,11H2,(H2,18,19,21). The molecule has 2 aromatic carbocycles. The number of nitrogens with one attached hydrogen (secondary N) is 2. The van der Waals surface area contributed by atoms with Crippen LogP contribution in [0.4, 0.5) is 10.5 Å². The van der Waals surface area contributed by atoms with Gasteiger partial charge in [0.15, 0.2) is 0 Å². The predicted octanol–water partition coefficient (Wildman–Crippen LogP) is 3.02. The van der Waals surface area contributed by atoms with E-state index in [4.69, 9.17) is 0 Å². The lowest BCUT2D eigenvalue weighted by molar-refractivity contribution is 0.224. The molecule has 2 aromatic rings. The van der Waals surface area contributed by atoms with Crippen molar-refractivity contribution >= 4 is 34.3 Å². The summed E-state index contributed by atoms with van der Waals surface area (Å²) in [5.41, 5.74) is 1.81. The van der Waals surface area contributed by atoms with Gasteiger partial charge in [0.25, 0.3) is 0 Å². The third kappa shape index (κ3) is 5.35. The summed E-state index contributed by atoms with van der Waals surface area (Å²) in [7, 11) is 0. The van der Waals surface area contributed by atoms with Crippen LogP contribution >= 0.6 is 22.6 Å². The van der Waals surface area contributed by atoms with Crippen molar-refractivity contribution in [3.8, 4) is 0 Å². The second kappa shape index (κ2) is 7.99. The fraction of sp³-hybridized carbons (Fsp3) is 0.188. The molecule has 5 heteroatoms. The first-order valence-electron chi connectivity index (χ1n) is 6.65. The van der Waals surface area contributed by atoms with Crippen LogP contribution in [0.1, 0.15) is 5.56 Å². The second-order valence-corrected chi connectivity index (χ2v) is 5.92. The molecule has 0 radical (unpaired) electrons. The number of anilines is 1. The Kier molecular flexibility index (Phi) is 6.01. The van der Waals surface area contributed by atoms with Crippen molar-refractivity contribution in [2.24, 2.45) is 0 Å². The Morgan fingerprint density at radius 3 is 2.57 bits per heavy atom. The molecule has 1 atom stereocenters. The van der Waals surface area contributed by atoms with Crippen LogP contribution in [0.15, 0.2) is 54.6 Å². The molecule has 0 spiro atoms. The van der Waals surface area contributed by atoms with E-state index < -0.39 is 0 Å². The van der Waals surface area contributed by atoms with E-state index in [0.29, 0.717) is 6.42 Å². The molecule has 0 saturated heterocycles. The lowest BCUT2D eigenvalue weighted by Gasteiger charge is -2.17. The Labute approximate surface area is 137 Å². The molecule has 0 saturated carbocycles. The van der Waals surface area contributed by atoms with Crippen molar-refractivity contribution in [1.82, 2.24) is 5.32 Å². The molecular weight excluding hydrogens is 379 g/mol. The van der Waals surface area contributed by atoms with Gasteiger partial charge in [0.05, 0.1) is 12.6 Å². The molecule has 0 bridgehead atoms. The van der Waals surface area contributed by atoms with Gasteiger partial charge in [-0.25, -0.2) is 4.79 Å². The maximum atomic E-state index is 11.9. The average molecular weight is 396 g/mol. The number of carbonyl (C=O) groups is 1. The maximum Gasteiger partial charge on any atom is 0.319 e. The monoisotopic (exact) mass is 396 g/mol. The minimum atomic E-state index is -0.313. The van der Waals surface area contributed by atoms with E-state index in [1.807, 2.05) is 54.6 Å². The van der Waals surface area contributed by atoms with Gasteiger partial charge in [-0.05, 0) is 52.8 Å². The van der Waals surface area contributed by atoms with Crippen LogP contribution in [0.3, 0.4) is 0 Å². The number of halogens is 1. The maximum absolute atomic E-state index is 11.9. The molecule has 1 unspecified atom stereocenters. The van der Waals surface area contributed by atoms with Gasteiger partial charge in [0.1, 0.15) is 0 Å². The van der Waals surface area contributed by atoms with Gasteiger partial charge in [-0.15, -0.1) is 0 Å². The summed E-state index contributed by atoms with van der Waals surface area (Å²) in [6.45, 7) is -0.103. The Balaban J connectivity index is 1.90. The molecule has 110 valence electrons. The molecule has 0 aliphatic carbocycles. The van der Waals surface area contributed by atoms with E-state index in [0.717, 1.165) is 14.8 Å². The average Bonchev–Trinajstić information content (AvgIpc) is 2.47. The number of aliphatic hydroxyl groups is 1. The van der Waals surface area contributed by atoms with Crippen LogP contribution < -0.4 is 10.6 Å². The zero-order valence-corrected chi connectivity index (χ0v) is 13.6. The van der Waals surface area contributed by atoms with E-state index in [9.17, 15) is 9.90 Å². The summed E-state index contributed by atoms with van der Waals surface area (Å²) in [5, 5.41) is 15.0. The van der Waals surface area contributed by atoms with Crippen LogP contribution in [-0.4, -0.2) is 23.8 Å². The molecule has 0 heterocycles. The van der Waals surface area contributed by atoms with E-state index in [1.54, 1.807) is 0 Å². The normalized spacial score (nSPS) is 11.7. The van der Waals surface area contributed by atoms with Crippen LogP contribution in [-0.2, 0) is 6.42 Å². The molecule has 0 fully saturated rings. The number of urea groups is 1. The van der Waals surface area contributed by atoms with Gasteiger partial charge in [-0.1, -0.05) is 36.4 Å². The number of hydrogen-bond acceptors (Lipinski definition) is 2. The number of hydrogen-bond donors (Lipinski definition) is 3. The highest BCUT2D eigenvalue weighted by Crippen LogP contribution is 2.12. The van der Waals surface area contributed by atoms with E-state index >= 15 is 0 Å². The Hall–Kier alpha value is -1.60. The van der Waals surface area contributed by atoms with Crippen LogP contribution in [0.5, 0.6) is 0 Å². The molecule has 3 N–H and O–H groups in total. The van der Waals surface area contributed by atoms with Crippen LogP contribution in [0, 0.1) is 3.57 Å². The molecule has 2 rings (SSSR count). The van der Waals surface area contributed by atoms with Crippen molar-refractivity contribution in [2.75, 3.05) is 11.9 Å². The number of amides is 2. The van der Waals surface area contributed by atoms with Crippen molar-refractivity contribution in [2.45, 2.75) is 12.5 Å². The molecule has 21 heavy (non-hydrogen) atoms. The Bertz CT molecular complexity index is 590. The topological polar surface area (TPSA) is 61.4 Å². The number of benzene rings is 2. The van der Waals surface area contributed by atoms with E-state index in [-0.39, 0.29) is 18.7 Å². The zero-order valence-electron chi connectivity index (χ0n) is 11.4. The fourth-order valence-corrected chi connectivity index (χ4v) is 2.52. The fourth-order valence-electron chi connectivity index (χ4n) is 1.98. The Morgan fingerprint density at radius 2 is 1.90 bits per heavy atom. The first kappa shape index (κ1) is 15.8. The lowest BCUT2D eigenvalue weighted by Crippen LogP contribution is -2.41. The first-order chi connectivity index (χ1) is 10.2. The zero-order chi connectivity index (χ0) is 15.1. The summed E-state index contributed by atoms with van der Waals surface area (Å²) in [6.07, 6.45) is 0.594. The molecule has 0 aliphatic heterocycles. The molecule has 4 nitrogen and oxygen atoms in total. The van der Waals surface area contributed by atoms with Crippen molar-refractivity contribution in [3.05, 3.63) is 63.7 Å². The van der Waals surface area contributed by atoms with Crippen molar-refractivity contribution in [1.29, 1.82) is 0 Å². The third-order valence-electron chi connectivity index (χ3n) is 2.96. The van der Waals surface area contributed by atoms with E-state index in [1.165, 1.54) is 0 Å². The summed E-state index contributed by atoms with van der Waals surface area (Å²) >= 11 is 2.19. The quantitative estimate of drug-likeness (QED) is 0.681. The van der Waals surface area contributed by atoms with Crippen LogP contribution in [0.25, 0.3) is 0 Å². The highest BCUT2D eigenvalue weighted by molar-refractivity contribution is 14.1. The molecule has 0 aromatic heterocycles. The highest BCUT2D eigenvalue weighted by Gasteiger charge is 2.12. The second-order valence-electron chi connectivity index (χ2n) is 4.68. The van der Waals surface area contributed by atoms with Gasteiger partial charge >= 0.3 is 6.03 Å². The van der Waals surface area contributed by atoms with Crippen LogP contribution in [0.2, 0.25) is 0 Å². The minimum Gasteiger partial charge on any atom is -0.394 e. The Morgan fingerprint density at radius 1 is 1.14 bits per heavy atom. The van der Waals surface area contributed by atoms with E-state index in [2.05, 4.69) is 33.2 Å². The van der Waals surface area contributed by atoms with Gasteiger partial charge in [-0.3, -0.25) is 0 Å². The number of aliphatic hydroxyl groups excluding tert-OH is 1. The summed E-state index contributed by atoms with van der Waals surface area (Å²) in [4.78, 5) is 11.9. The van der Waals surface area contributed by atoms with Gasteiger partial charge < -0.3 is 15.7 Å². The smallest absolute Gasteiger partial charge is 0.319 e. The largest absolute Gasteiger partial charge is 0.394 e. The summed E-state index contributed by atoms with van der Waals surface area (Å²) in [5.74, 6) is 0. The van der Waals surface area contributed by atoms with Crippen molar-refractivity contribution in [3.63, 3.8) is 0 Å². The molecule has 0 aliphatic rings. The predicted molar refractivity (Wildman–Crippen MR) is 92.3 cm³/mol. The third-order valence-corrected chi connectivity index (χ3v) is 3.63. The molecular formula is C16H17IN2O2. The number of rotatable bonds is 5. The highest BCUT2D eigenvalue weighted by atomic mass is 127. The summed E-state index contributed by atoms with van der Waals surface area (Å²) < 4.78 is 1.05. The number of carbonyl (C=O) groups excluding carboxylic acids is 1. The van der Waals surface area contributed by atoms with Crippen molar-refractivity contribution < 1.29 is 9.90 Å². The van der Waals surface area contributed by atoms with Gasteiger partial charge in [0.2, 0.25) is 0 Å². The molecule has 2 amide bonds. The van der Waals surface area contributed by atoms with Gasteiger partial charge in [-0.2, -0.15) is 0 Å². The lowest BCUT2D eigenvalue weighted by atomic mass is 10.1. The summed E-state index contributed by atoms with van der Waals surface area (Å²) in [6, 6.07) is 16.7. The SMILES string of the molecule is O=C(Nc1cccc(I)c1)NC(CO)Cc1ccccc1. The minimum absolute atomic E-state index is 0.103. The first-order valence-corrected chi connectivity index (χ1v) is 7.73. The van der Waals surface area contributed by atoms with Gasteiger partial charge in [0, 0.05) is 9.26 Å².